The highest BCUT2D eigenvalue weighted by Gasteiger charge is 2.19. The molecule has 4 nitrogen and oxygen atoms in total. The number of rotatable bonds is 3. The molecule has 0 atom stereocenters. The van der Waals surface area contributed by atoms with Crippen LogP contribution in [0.25, 0.3) is 0 Å². The summed E-state index contributed by atoms with van der Waals surface area (Å²) in [5.74, 6) is 0.483. The molecule has 0 spiro atoms. The van der Waals surface area contributed by atoms with Crippen molar-refractivity contribution in [3.8, 4) is 0 Å². The van der Waals surface area contributed by atoms with Crippen LogP contribution in [-0.4, -0.2) is 12.3 Å². The van der Waals surface area contributed by atoms with Gasteiger partial charge in [0, 0.05) is 0 Å². The first-order valence-electron chi connectivity index (χ1n) is 5.14. The number of allylic oxidation sites excluding steroid dienone is 4. The van der Waals surface area contributed by atoms with Crippen molar-refractivity contribution in [1.82, 2.24) is 0 Å². The highest BCUT2D eigenvalue weighted by Crippen LogP contribution is 2.26. The molecule has 1 aliphatic heterocycles. The number of Topliss-reactive ketones (excluding diaryl/α,β-unsaturated/α-hetero) is 1. The minimum atomic E-state index is -0.266. The fourth-order valence-corrected chi connectivity index (χ4v) is 1.50. The Morgan fingerprint density at radius 2 is 2.24 bits per heavy atom. The van der Waals surface area contributed by atoms with Crippen LogP contribution >= 0.6 is 12.4 Å². The molecule has 0 fully saturated rings. The third kappa shape index (κ3) is 3.22. The van der Waals surface area contributed by atoms with Crippen LogP contribution in [-0.2, 0) is 14.3 Å². The molecule has 17 heavy (non-hydrogen) atoms. The van der Waals surface area contributed by atoms with Crippen LogP contribution in [0.15, 0.2) is 47.8 Å². The monoisotopic (exact) mass is 255 g/mol. The Kier molecular flexibility index (Phi) is 5.00. The highest BCUT2D eigenvalue weighted by atomic mass is 35.5. The number of nitrogens with two attached hydrogens (primary N) is 1. The summed E-state index contributed by atoms with van der Waals surface area (Å²) in [6.07, 6.45) is 10.6. The SMILES string of the molecule is Cl.NCC(=O)C1=COC=C(C2=CC=CCC2)O1. The van der Waals surface area contributed by atoms with E-state index < -0.39 is 0 Å². The van der Waals surface area contributed by atoms with E-state index >= 15 is 0 Å². The second-order valence-electron chi connectivity index (χ2n) is 3.49. The van der Waals surface area contributed by atoms with Crippen molar-refractivity contribution in [2.45, 2.75) is 12.8 Å². The fourth-order valence-electron chi connectivity index (χ4n) is 1.50. The molecular formula is C12H14ClNO3. The van der Waals surface area contributed by atoms with Gasteiger partial charge in [0.1, 0.15) is 12.5 Å². The topological polar surface area (TPSA) is 61.6 Å². The number of ketones is 1. The van der Waals surface area contributed by atoms with Crippen LogP contribution in [0.2, 0.25) is 0 Å². The molecule has 0 bridgehead atoms. The Hall–Kier alpha value is -1.52. The van der Waals surface area contributed by atoms with E-state index in [0.29, 0.717) is 5.76 Å². The maximum absolute atomic E-state index is 11.3. The Bertz CT molecular complexity index is 421. The molecule has 92 valence electrons. The van der Waals surface area contributed by atoms with Crippen molar-refractivity contribution >= 4 is 18.2 Å². The zero-order chi connectivity index (χ0) is 11.4. The average Bonchev–Trinajstić information content (AvgIpc) is 2.39. The number of hydrogen-bond donors (Lipinski definition) is 1. The van der Waals surface area contributed by atoms with Gasteiger partial charge in [0.05, 0.1) is 6.54 Å². The van der Waals surface area contributed by atoms with Crippen molar-refractivity contribution in [2.75, 3.05) is 6.54 Å². The third-order valence-corrected chi connectivity index (χ3v) is 2.36. The first-order chi connectivity index (χ1) is 7.81. The minimum absolute atomic E-state index is 0. The van der Waals surface area contributed by atoms with E-state index in [1.54, 1.807) is 0 Å². The largest absolute Gasteiger partial charge is 0.465 e. The predicted octanol–water partition coefficient (Wildman–Crippen LogP) is 1.94. The molecule has 1 aliphatic carbocycles. The molecule has 1 heterocycles. The van der Waals surface area contributed by atoms with Crippen LogP contribution in [0.4, 0.5) is 0 Å². The molecule has 0 aromatic carbocycles. The summed E-state index contributed by atoms with van der Waals surface area (Å²) in [5.41, 5.74) is 6.28. The second kappa shape index (κ2) is 6.27. The molecule has 2 aliphatic rings. The van der Waals surface area contributed by atoms with Crippen molar-refractivity contribution < 1.29 is 14.3 Å². The lowest BCUT2D eigenvalue weighted by Crippen LogP contribution is -2.19. The molecule has 0 amide bonds. The summed E-state index contributed by atoms with van der Waals surface area (Å²) in [6.45, 7) is -0.0819. The normalized spacial score (nSPS) is 17.8. The van der Waals surface area contributed by atoms with E-state index in [1.807, 2.05) is 12.2 Å². The fraction of sp³-hybridized carbons (Fsp3) is 0.250. The summed E-state index contributed by atoms with van der Waals surface area (Å²) in [4.78, 5) is 11.3. The van der Waals surface area contributed by atoms with Gasteiger partial charge >= 0.3 is 0 Å². The van der Waals surface area contributed by atoms with Crippen molar-refractivity contribution in [3.05, 3.63) is 47.8 Å². The molecule has 0 unspecified atom stereocenters. The number of carbonyl (C=O) groups excluding carboxylic acids is 1. The Labute approximate surface area is 106 Å². The Morgan fingerprint density at radius 3 is 2.88 bits per heavy atom. The van der Waals surface area contributed by atoms with Gasteiger partial charge in [-0.15, -0.1) is 12.4 Å². The molecule has 0 aromatic heterocycles. The first kappa shape index (κ1) is 13.5. The zero-order valence-electron chi connectivity index (χ0n) is 9.22. The summed E-state index contributed by atoms with van der Waals surface area (Å²) in [6, 6.07) is 0. The summed E-state index contributed by atoms with van der Waals surface area (Å²) >= 11 is 0. The van der Waals surface area contributed by atoms with Crippen LogP contribution in [0, 0.1) is 0 Å². The third-order valence-electron chi connectivity index (χ3n) is 2.36. The molecular weight excluding hydrogens is 242 g/mol. The number of ether oxygens (including phenoxy) is 2. The van der Waals surface area contributed by atoms with Gasteiger partial charge in [0.2, 0.25) is 11.5 Å². The number of carbonyl (C=O) groups is 1. The Balaban J connectivity index is 0.00000144. The van der Waals surface area contributed by atoms with E-state index in [4.69, 9.17) is 15.2 Å². The van der Waals surface area contributed by atoms with Crippen LogP contribution in [0.3, 0.4) is 0 Å². The van der Waals surface area contributed by atoms with Gasteiger partial charge in [-0.25, -0.2) is 0 Å². The molecule has 0 radical (unpaired) electrons. The van der Waals surface area contributed by atoms with E-state index in [-0.39, 0.29) is 30.5 Å². The maximum Gasteiger partial charge on any atom is 0.214 e. The second-order valence-corrected chi connectivity index (χ2v) is 3.49. The summed E-state index contributed by atoms with van der Waals surface area (Å²) in [5, 5.41) is 0. The van der Waals surface area contributed by atoms with E-state index in [1.165, 1.54) is 12.5 Å². The first-order valence-corrected chi connectivity index (χ1v) is 5.14. The van der Waals surface area contributed by atoms with Gasteiger partial charge in [-0.05, 0) is 18.4 Å². The van der Waals surface area contributed by atoms with Crippen LogP contribution in [0.1, 0.15) is 12.8 Å². The van der Waals surface area contributed by atoms with Crippen molar-refractivity contribution in [1.29, 1.82) is 0 Å². The van der Waals surface area contributed by atoms with E-state index in [0.717, 1.165) is 18.4 Å². The van der Waals surface area contributed by atoms with E-state index in [9.17, 15) is 4.79 Å². The minimum Gasteiger partial charge on any atom is -0.465 e. The lowest BCUT2D eigenvalue weighted by Gasteiger charge is -2.18. The zero-order valence-corrected chi connectivity index (χ0v) is 10.0. The lowest BCUT2D eigenvalue weighted by molar-refractivity contribution is -0.117. The van der Waals surface area contributed by atoms with Gasteiger partial charge in [0.15, 0.2) is 5.76 Å². The number of hydrogen-bond acceptors (Lipinski definition) is 4. The van der Waals surface area contributed by atoms with Crippen molar-refractivity contribution in [3.63, 3.8) is 0 Å². The molecule has 0 aromatic rings. The lowest BCUT2D eigenvalue weighted by atomic mass is 10.0. The quantitative estimate of drug-likeness (QED) is 0.837. The smallest absolute Gasteiger partial charge is 0.214 e. The van der Waals surface area contributed by atoms with Crippen LogP contribution < -0.4 is 5.73 Å². The number of halogens is 1. The van der Waals surface area contributed by atoms with Crippen LogP contribution in [0.5, 0.6) is 0 Å². The summed E-state index contributed by atoms with van der Waals surface area (Å²) in [7, 11) is 0. The van der Waals surface area contributed by atoms with Gasteiger partial charge < -0.3 is 15.2 Å². The van der Waals surface area contributed by atoms with Gasteiger partial charge in [-0.1, -0.05) is 18.2 Å². The van der Waals surface area contributed by atoms with Gasteiger partial charge in [-0.3, -0.25) is 4.79 Å². The van der Waals surface area contributed by atoms with Gasteiger partial charge in [-0.2, -0.15) is 0 Å². The molecule has 2 rings (SSSR count). The average molecular weight is 256 g/mol. The Morgan fingerprint density at radius 1 is 1.41 bits per heavy atom. The predicted molar refractivity (Wildman–Crippen MR) is 66.1 cm³/mol. The molecule has 5 heteroatoms. The van der Waals surface area contributed by atoms with E-state index in [2.05, 4.69) is 6.08 Å². The standard InChI is InChI=1S/C12H13NO3.ClH/c13-6-10(14)12-8-15-7-11(16-12)9-4-2-1-3-5-9;/h1-2,4,7-8H,3,5-6,13H2;1H. The summed E-state index contributed by atoms with van der Waals surface area (Å²) < 4.78 is 10.5. The molecule has 2 N–H and O–H groups in total. The van der Waals surface area contributed by atoms with Gasteiger partial charge in [0.25, 0.3) is 0 Å². The molecule has 0 saturated carbocycles. The highest BCUT2D eigenvalue weighted by molar-refractivity contribution is 5.95. The maximum atomic E-state index is 11.3. The van der Waals surface area contributed by atoms with Crippen molar-refractivity contribution in [2.24, 2.45) is 5.73 Å². The molecule has 0 saturated heterocycles.